The molecule has 12 heteroatoms. The molecule has 0 bridgehead atoms. The number of halogens is 12. The second-order valence-corrected chi connectivity index (χ2v) is 11.8. The minimum Gasteiger partial charge on any atom is -0.170 e. The van der Waals surface area contributed by atoms with E-state index in [1.165, 1.54) is 0 Å². The summed E-state index contributed by atoms with van der Waals surface area (Å²) in [5.41, 5.74) is -8.29. The summed E-state index contributed by atoms with van der Waals surface area (Å²) in [5.74, 6) is -5.81. The maximum Gasteiger partial charge on any atom is 0.411 e. The lowest BCUT2D eigenvalue weighted by Gasteiger charge is -2.39. The summed E-state index contributed by atoms with van der Waals surface area (Å²) in [5, 5.41) is 0. The van der Waals surface area contributed by atoms with Crippen molar-refractivity contribution in [3.63, 3.8) is 0 Å². The van der Waals surface area contributed by atoms with Crippen LogP contribution in [-0.2, 0) is 5.41 Å². The largest absolute Gasteiger partial charge is 0.411 e. The zero-order valence-corrected chi connectivity index (χ0v) is 23.0. The van der Waals surface area contributed by atoms with E-state index in [2.05, 4.69) is 0 Å². The Labute approximate surface area is 241 Å². The minimum absolute atomic E-state index is 0.229. The average Bonchev–Trinajstić information content (AvgIpc) is 2.89. The molecule has 0 saturated heterocycles. The molecule has 43 heavy (non-hydrogen) atoms. The zero-order chi connectivity index (χ0) is 31.8. The molecule has 0 N–H and O–H groups in total. The quantitative estimate of drug-likeness (QED) is 0.278. The van der Waals surface area contributed by atoms with Gasteiger partial charge in [0.15, 0.2) is 0 Å². The molecular formula is C31H32F12. The van der Waals surface area contributed by atoms with Crippen LogP contribution < -0.4 is 0 Å². The molecule has 0 nitrogen and oxygen atoms in total. The third-order valence-electron chi connectivity index (χ3n) is 9.20. The lowest BCUT2D eigenvalue weighted by Crippen LogP contribution is -2.54. The van der Waals surface area contributed by atoms with Gasteiger partial charge in [-0.2, -0.15) is 52.7 Å². The standard InChI is InChI=1S/C31H32F12/c32-28(33,34)25(19-7-3-1-4-8-19)21-11-15-23(16-12-21)27(30(38,39)40,31(41,42)43)24-17-13-22(14-18-24)26(29(35,36)37)20-9-5-2-6-10-20/h11-20,25-26H,1-10H2. The van der Waals surface area contributed by atoms with Crippen molar-refractivity contribution >= 4 is 0 Å². The van der Waals surface area contributed by atoms with Gasteiger partial charge in [-0.05, 0) is 59.8 Å². The van der Waals surface area contributed by atoms with Crippen LogP contribution in [-0.4, -0.2) is 24.7 Å². The van der Waals surface area contributed by atoms with Crippen molar-refractivity contribution in [1.82, 2.24) is 0 Å². The van der Waals surface area contributed by atoms with Crippen LogP contribution in [0.4, 0.5) is 52.7 Å². The van der Waals surface area contributed by atoms with Gasteiger partial charge in [-0.1, -0.05) is 87.1 Å². The summed E-state index contributed by atoms with van der Waals surface area (Å²) in [6.07, 6.45) is -17.1. The summed E-state index contributed by atoms with van der Waals surface area (Å²) in [7, 11) is 0. The highest BCUT2D eigenvalue weighted by atomic mass is 19.4. The number of hydrogen-bond donors (Lipinski definition) is 0. The van der Waals surface area contributed by atoms with Gasteiger partial charge >= 0.3 is 24.7 Å². The van der Waals surface area contributed by atoms with Gasteiger partial charge in [0.2, 0.25) is 5.41 Å². The number of hydrogen-bond acceptors (Lipinski definition) is 0. The van der Waals surface area contributed by atoms with Crippen molar-refractivity contribution in [2.24, 2.45) is 11.8 Å². The van der Waals surface area contributed by atoms with E-state index in [9.17, 15) is 52.7 Å². The first-order valence-electron chi connectivity index (χ1n) is 14.4. The van der Waals surface area contributed by atoms with Crippen LogP contribution in [0.5, 0.6) is 0 Å². The highest BCUT2D eigenvalue weighted by Gasteiger charge is 2.72. The monoisotopic (exact) mass is 632 g/mol. The average molecular weight is 633 g/mol. The molecule has 4 rings (SSSR count). The lowest BCUT2D eigenvalue weighted by atomic mass is 9.70. The van der Waals surface area contributed by atoms with Crippen molar-refractivity contribution < 1.29 is 52.7 Å². The van der Waals surface area contributed by atoms with Crippen molar-refractivity contribution in [2.45, 2.75) is 106 Å². The number of rotatable bonds is 6. The molecule has 2 aliphatic carbocycles. The third kappa shape index (κ3) is 6.67. The third-order valence-corrected chi connectivity index (χ3v) is 9.20. The molecule has 2 aliphatic rings. The molecule has 240 valence electrons. The topological polar surface area (TPSA) is 0 Å². The van der Waals surface area contributed by atoms with Gasteiger partial charge in [-0.3, -0.25) is 0 Å². The van der Waals surface area contributed by atoms with Crippen molar-refractivity contribution in [1.29, 1.82) is 0 Å². The Bertz CT molecular complexity index is 1080. The lowest BCUT2D eigenvalue weighted by molar-refractivity contribution is -0.288. The minimum atomic E-state index is -6.03. The summed E-state index contributed by atoms with van der Waals surface area (Å²) in [6.45, 7) is 0. The molecule has 2 unspecified atom stereocenters. The Morgan fingerprint density at radius 2 is 0.698 bits per heavy atom. The molecule has 2 saturated carbocycles. The van der Waals surface area contributed by atoms with Gasteiger partial charge in [0.05, 0.1) is 11.8 Å². The van der Waals surface area contributed by atoms with E-state index < -0.39 is 76.0 Å². The predicted molar refractivity (Wildman–Crippen MR) is 137 cm³/mol. The molecule has 0 spiro atoms. The van der Waals surface area contributed by atoms with Crippen LogP contribution in [0.3, 0.4) is 0 Å². The van der Waals surface area contributed by atoms with Gasteiger partial charge in [0.25, 0.3) is 0 Å². The number of alkyl halides is 12. The van der Waals surface area contributed by atoms with E-state index in [0.717, 1.165) is 12.8 Å². The first-order chi connectivity index (χ1) is 19.9. The zero-order valence-electron chi connectivity index (χ0n) is 23.0. The fourth-order valence-electron chi connectivity index (χ4n) is 7.25. The SMILES string of the molecule is FC(F)(F)C(c1ccc(C(c2ccc(C(C3CCCCC3)C(F)(F)F)cc2)(C(F)(F)F)C(F)(F)F)cc1)C1CCCCC1. The maximum absolute atomic E-state index is 14.6. The molecule has 0 heterocycles. The maximum atomic E-state index is 14.6. The van der Waals surface area contributed by atoms with Gasteiger partial charge in [0, 0.05) is 0 Å². The van der Waals surface area contributed by atoms with E-state index in [1.807, 2.05) is 0 Å². The molecule has 0 radical (unpaired) electrons. The second kappa shape index (κ2) is 12.2. The van der Waals surface area contributed by atoms with Crippen LogP contribution in [0.2, 0.25) is 0 Å². The molecule has 2 aromatic carbocycles. The molecule has 2 aromatic rings. The van der Waals surface area contributed by atoms with Crippen LogP contribution in [0.1, 0.15) is 98.3 Å². The van der Waals surface area contributed by atoms with E-state index in [4.69, 9.17) is 0 Å². The Hall–Kier alpha value is -2.40. The fourth-order valence-corrected chi connectivity index (χ4v) is 7.25. The van der Waals surface area contributed by atoms with Crippen molar-refractivity contribution in [3.8, 4) is 0 Å². The molecular weight excluding hydrogens is 600 g/mol. The summed E-state index contributed by atoms with van der Waals surface area (Å²) in [6, 6.07) is 4.27. The highest BCUT2D eigenvalue weighted by Crippen LogP contribution is 2.57. The Morgan fingerprint density at radius 3 is 0.930 bits per heavy atom. The predicted octanol–water partition coefficient (Wildman–Crippen LogP) is 11.5. The Morgan fingerprint density at radius 1 is 0.419 bits per heavy atom. The highest BCUT2D eigenvalue weighted by molar-refractivity contribution is 5.46. The Balaban J connectivity index is 1.80. The Kier molecular flexibility index (Phi) is 9.49. The van der Waals surface area contributed by atoms with E-state index in [-0.39, 0.29) is 25.7 Å². The van der Waals surface area contributed by atoms with Crippen molar-refractivity contribution in [3.05, 3.63) is 70.8 Å². The molecule has 0 amide bonds. The van der Waals surface area contributed by atoms with Crippen LogP contribution in [0.25, 0.3) is 0 Å². The molecule has 0 aromatic heterocycles. The van der Waals surface area contributed by atoms with E-state index >= 15 is 0 Å². The second-order valence-electron chi connectivity index (χ2n) is 11.8. The summed E-state index contributed by atoms with van der Waals surface area (Å²) < 4.78 is 172. The number of benzene rings is 2. The van der Waals surface area contributed by atoms with E-state index in [1.54, 1.807) is 0 Å². The summed E-state index contributed by atoms with van der Waals surface area (Å²) >= 11 is 0. The van der Waals surface area contributed by atoms with Crippen LogP contribution in [0, 0.1) is 11.8 Å². The molecule has 2 atom stereocenters. The fraction of sp³-hybridized carbons (Fsp3) is 0.613. The molecule has 0 aliphatic heterocycles. The van der Waals surface area contributed by atoms with Crippen LogP contribution >= 0.6 is 0 Å². The van der Waals surface area contributed by atoms with Gasteiger partial charge < -0.3 is 0 Å². The van der Waals surface area contributed by atoms with Gasteiger partial charge in [-0.25, -0.2) is 0 Å². The smallest absolute Gasteiger partial charge is 0.170 e. The normalized spacial score (nSPS) is 20.2. The summed E-state index contributed by atoms with van der Waals surface area (Å²) in [4.78, 5) is 0. The first kappa shape index (κ1) is 33.5. The van der Waals surface area contributed by atoms with Gasteiger partial charge in [0.1, 0.15) is 0 Å². The van der Waals surface area contributed by atoms with Crippen LogP contribution in [0.15, 0.2) is 48.5 Å². The first-order valence-corrected chi connectivity index (χ1v) is 14.4. The van der Waals surface area contributed by atoms with E-state index in [0.29, 0.717) is 74.2 Å². The van der Waals surface area contributed by atoms with Crippen molar-refractivity contribution in [2.75, 3.05) is 0 Å². The molecule has 2 fully saturated rings. The van der Waals surface area contributed by atoms with Gasteiger partial charge in [-0.15, -0.1) is 0 Å².